The van der Waals surface area contributed by atoms with Crippen LogP contribution in [0.15, 0.2) is 66.2 Å². The lowest BCUT2D eigenvalue weighted by Crippen LogP contribution is -2.03. The van der Waals surface area contributed by atoms with E-state index in [0.29, 0.717) is 0 Å². The van der Waals surface area contributed by atoms with E-state index in [0.717, 1.165) is 19.3 Å². The first kappa shape index (κ1) is 15.4. The van der Waals surface area contributed by atoms with E-state index in [4.69, 9.17) is 0 Å². The molecule has 3 aromatic carbocycles. The van der Waals surface area contributed by atoms with E-state index in [9.17, 15) is 0 Å². The molecule has 0 aliphatic heterocycles. The minimum Gasteiger partial charge on any atom is -0.140 e. The van der Waals surface area contributed by atoms with Gasteiger partial charge in [0.1, 0.15) is 0 Å². The normalized spacial score (nSPS) is 13.7. The molecular formula is C26H20S. The summed E-state index contributed by atoms with van der Waals surface area (Å²) in [6.45, 7) is 2.24. The van der Waals surface area contributed by atoms with Crippen molar-refractivity contribution in [3.63, 3.8) is 0 Å². The van der Waals surface area contributed by atoms with Gasteiger partial charge in [-0.05, 0) is 71.0 Å². The number of rotatable bonds is 3. The Balaban J connectivity index is 1.38. The third-order valence-corrected chi connectivity index (χ3v) is 7.21. The van der Waals surface area contributed by atoms with Crippen molar-refractivity contribution >= 4 is 27.5 Å². The summed E-state index contributed by atoms with van der Waals surface area (Å²) in [6.07, 6.45) is 5.70. The first-order chi connectivity index (χ1) is 13.3. The number of aryl methyl sites for hydroxylation is 2. The van der Waals surface area contributed by atoms with Gasteiger partial charge in [-0.15, -0.1) is 11.3 Å². The van der Waals surface area contributed by atoms with Crippen LogP contribution >= 0.6 is 11.3 Å². The molecule has 1 heteroatoms. The van der Waals surface area contributed by atoms with E-state index in [-0.39, 0.29) is 0 Å². The predicted octanol–water partition coefficient (Wildman–Crippen LogP) is 7.29. The van der Waals surface area contributed by atoms with Crippen LogP contribution in [0.4, 0.5) is 0 Å². The quantitative estimate of drug-likeness (QED) is 0.315. The molecule has 130 valence electrons. The Kier molecular flexibility index (Phi) is 3.24. The van der Waals surface area contributed by atoms with Gasteiger partial charge in [0.15, 0.2) is 0 Å². The van der Waals surface area contributed by atoms with Crippen LogP contribution in [-0.2, 0) is 19.3 Å². The molecule has 0 amide bonds. The summed E-state index contributed by atoms with van der Waals surface area (Å²) < 4.78 is 1.48. The average molecular weight is 365 g/mol. The van der Waals surface area contributed by atoms with Gasteiger partial charge in [0.2, 0.25) is 0 Å². The van der Waals surface area contributed by atoms with Crippen molar-refractivity contribution < 1.29 is 0 Å². The van der Waals surface area contributed by atoms with Gasteiger partial charge >= 0.3 is 0 Å². The number of benzene rings is 3. The summed E-state index contributed by atoms with van der Waals surface area (Å²) in [5.74, 6) is 0. The fraction of sp³-hybridized carbons (Fsp3) is 0.154. The summed E-state index contributed by atoms with van der Waals surface area (Å²) >= 11 is 1.99. The van der Waals surface area contributed by atoms with Crippen LogP contribution in [0.3, 0.4) is 0 Å². The number of fused-ring (bicyclic) bond motifs is 8. The molecule has 0 saturated heterocycles. The summed E-state index contributed by atoms with van der Waals surface area (Å²) in [7, 11) is 0. The summed E-state index contributed by atoms with van der Waals surface area (Å²) in [5, 5.41) is 1.40. The second kappa shape index (κ2) is 5.68. The Hall–Kier alpha value is -2.64. The first-order valence-corrected chi connectivity index (χ1v) is 10.5. The Morgan fingerprint density at radius 3 is 2.56 bits per heavy atom. The molecule has 1 aromatic heterocycles. The smallest absolute Gasteiger partial charge is 0.0430 e. The molecule has 27 heavy (non-hydrogen) atoms. The number of thiophene rings is 1. The molecule has 0 saturated carbocycles. The maximum atomic E-state index is 2.40. The highest BCUT2D eigenvalue weighted by molar-refractivity contribution is 7.19. The number of hydrogen-bond acceptors (Lipinski definition) is 1. The van der Waals surface area contributed by atoms with E-state index in [2.05, 4.69) is 73.7 Å². The van der Waals surface area contributed by atoms with Crippen LogP contribution in [-0.4, -0.2) is 0 Å². The van der Waals surface area contributed by atoms with Crippen LogP contribution in [0.1, 0.15) is 28.5 Å². The second-order valence-electron chi connectivity index (χ2n) is 7.83. The van der Waals surface area contributed by atoms with Gasteiger partial charge in [-0.2, -0.15) is 0 Å². The van der Waals surface area contributed by atoms with Gasteiger partial charge in [-0.1, -0.05) is 66.2 Å². The molecule has 0 unspecified atom stereocenters. The Labute approximate surface area is 163 Å². The second-order valence-corrected chi connectivity index (χ2v) is 8.96. The first-order valence-electron chi connectivity index (χ1n) is 9.71. The van der Waals surface area contributed by atoms with Crippen molar-refractivity contribution in [2.75, 3.05) is 0 Å². The lowest BCUT2D eigenvalue weighted by atomic mass is 9.76. The molecule has 0 fully saturated rings. The molecule has 2 aliphatic carbocycles. The summed E-state index contributed by atoms with van der Waals surface area (Å²) in [4.78, 5) is 1.49. The highest BCUT2D eigenvalue weighted by atomic mass is 32.1. The maximum Gasteiger partial charge on any atom is 0.0430 e. The molecule has 0 nitrogen and oxygen atoms in total. The van der Waals surface area contributed by atoms with Gasteiger partial charge in [0.25, 0.3) is 0 Å². The number of allylic oxidation sites excluding steroid dienone is 1. The molecule has 0 N–H and O–H groups in total. The minimum atomic E-state index is 1.11. The van der Waals surface area contributed by atoms with Gasteiger partial charge < -0.3 is 0 Å². The van der Waals surface area contributed by atoms with Crippen molar-refractivity contribution in [3.05, 3.63) is 87.8 Å². The van der Waals surface area contributed by atoms with Crippen molar-refractivity contribution in [1.82, 2.24) is 0 Å². The predicted molar refractivity (Wildman–Crippen MR) is 117 cm³/mol. The highest BCUT2D eigenvalue weighted by Gasteiger charge is 2.30. The van der Waals surface area contributed by atoms with Crippen molar-refractivity contribution in [3.8, 4) is 22.3 Å². The monoisotopic (exact) mass is 364 g/mol. The molecule has 0 bridgehead atoms. The van der Waals surface area contributed by atoms with Gasteiger partial charge in [-0.3, -0.25) is 0 Å². The zero-order valence-corrected chi connectivity index (χ0v) is 16.2. The summed E-state index contributed by atoms with van der Waals surface area (Å²) in [5.41, 5.74) is 11.8. The molecule has 6 rings (SSSR count). The molecular weight excluding hydrogens is 344 g/mol. The third kappa shape index (κ3) is 2.28. The molecule has 0 spiro atoms. The van der Waals surface area contributed by atoms with Gasteiger partial charge in [0.05, 0.1) is 0 Å². The van der Waals surface area contributed by atoms with E-state index in [1.807, 2.05) is 11.3 Å². The highest BCUT2D eigenvalue weighted by Crippen LogP contribution is 2.55. The van der Waals surface area contributed by atoms with Gasteiger partial charge in [0, 0.05) is 15.1 Å². The lowest BCUT2D eigenvalue weighted by molar-refractivity contribution is 0.982. The fourth-order valence-electron chi connectivity index (χ4n) is 4.71. The van der Waals surface area contributed by atoms with E-state index < -0.39 is 0 Å². The molecule has 0 atom stereocenters. The summed E-state index contributed by atoms with van der Waals surface area (Å²) in [6, 6.07) is 22.6. The van der Waals surface area contributed by atoms with E-state index >= 15 is 0 Å². The molecule has 2 aliphatic rings. The topological polar surface area (TPSA) is 0 Å². The van der Waals surface area contributed by atoms with Crippen molar-refractivity contribution in [2.24, 2.45) is 0 Å². The van der Waals surface area contributed by atoms with Gasteiger partial charge in [-0.25, -0.2) is 0 Å². The zero-order valence-electron chi connectivity index (χ0n) is 15.4. The third-order valence-electron chi connectivity index (χ3n) is 5.99. The van der Waals surface area contributed by atoms with Crippen molar-refractivity contribution in [2.45, 2.75) is 26.2 Å². The molecule has 1 heterocycles. The van der Waals surface area contributed by atoms with E-state index in [1.54, 1.807) is 0 Å². The largest absolute Gasteiger partial charge is 0.140 e. The standard InChI is InChI=1S/C26H20S/c1-16-13-18-8-11-21-24(23(18)14-16)22-12-9-19-15-20(27-26(19)25(21)22)10-7-17-5-3-2-4-6-17/h2-6,8-9,11-13,15H,7,10,14H2,1H3. The SMILES string of the molecule is CC1=Cc2ccc3c(c2C1)-c1ccc2cc(CCc4ccccc4)sc2c1-3. The van der Waals surface area contributed by atoms with E-state index in [1.165, 1.54) is 59.5 Å². The van der Waals surface area contributed by atoms with Crippen LogP contribution < -0.4 is 0 Å². The van der Waals surface area contributed by atoms with Crippen molar-refractivity contribution in [1.29, 1.82) is 0 Å². The minimum absolute atomic E-state index is 1.11. The van der Waals surface area contributed by atoms with Crippen LogP contribution in [0, 0.1) is 0 Å². The zero-order chi connectivity index (χ0) is 18.0. The number of hydrogen-bond donors (Lipinski definition) is 0. The maximum absolute atomic E-state index is 2.40. The van der Waals surface area contributed by atoms with Crippen LogP contribution in [0.2, 0.25) is 0 Å². The van der Waals surface area contributed by atoms with Crippen LogP contribution in [0.25, 0.3) is 38.4 Å². The average Bonchev–Trinajstić information content (AvgIpc) is 3.24. The fourth-order valence-corrected chi connectivity index (χ4v) is 5.92. The Bertz CT molecular complexity index is 1240. The Morgan fingerprint density at radius 1 is 0.852 bits per heavy atom. The molecule has 4 aromatic rings. The van der Waals surface area contributed by atoms with Crippen LogP contribution in [0.5, 0.6) is 0 Å². The lowest BCUT2D eigenvalue weighted by Gasteiger charge is -2.27. The Morgan fingerprint density at radius 2 is 1.67 bits per heavy atom. The molecule has 0 radical (unpaired) electrons.